The van der Waals surface area contributed by atoms with Gasteiger partial charge in [0.25, 0.3) is 5.91 Å². The number of carbonyl (C=O) groups is 1. The molecule has 2 aromatic carbocycles. The van der Waals surface area contributed by atoms with Crippen LogP contribution in [0.5, 0.6) is 5.75 Å². The lowest BCUT2D eigenvalue weighted by molar-refractivity contribution is -0.134. The van der Waals surface area contributed by atoms with E-state index in [4.69, 9.17) is 16.3 Å². The van der Waals surface area contributed by atoms with Crippen LogP contribution < -0.4 is 4.74 Å². The summed E-state index contributed by atoms with van der Waals surface area (Å²) in [7, 11) is -3.40. The fourth-order valence-electron chi connectivity index (χ4n) is 2.88. The highest BCUT2D eigenvalue weighted by Crippen LogP contribution is 2.23. The van der Waals surface area contributed by atoms with Gasteiger partial charge >= 0.3 is 0 Å². The first kappa shape index (κ1) is 19.7. The van der Waals surface area contributed by atoms with Crippen molar-refractivity contribution < 1.29 is 17.9 Å². The summed E-state index contributed by atoms with van der Waals surface area (Å²) >= 11 is 6.01. The number of hydrogen-bond acceptors (Lipinski definition) is 4. The normalized spacial score (nSPS) is 15.5. The van der Waals surface area contributed by atoms with Gasteiger partial charge in [-0.15, -0.1) is 0 Å². The highest BCUT2D eigenvalue weighted by molar-refractivity contribution is 7.88. The molecule has 2 aromatic rings. The number of benzene rings is 2. The lowest BCUT2D eigenvalue weighted by Crippen LogP contribution is -2.51. The molecule has 1 amide bonds. The Hall–Kier alpha value is -2.09. The van der Waals surface area contributed by atoms with Crippen molar-refractivity contribution in [1.29, 1.82) is 0 Å². The standard InChI is InChI=1S/C19H21ClN2O4S/c20-17-8-4-5-9-18(17)26-14-19(23)21-10-12-22(13-11-21)27(24,25)15-16-6-2-1-3-7-16/h1-9H,10-15H2. The number of carbonyl (C=O) groups excluding carboxylic acids is 1. The molecule has 1 aliphatic rings. The van der Waals surface area contributed by atoms with E-state index in [9.17, 15) is 13.2 Å². The molecule has 0 bridgehead atoms. The van der Waals surface area contributed by atoms with Gasteiger partial charge in [0.1, 0.15) is 5.75 Å². The molecule has 144 valence electrons. The first-order valence-corrected chi connectivity index (χ1v) is 10.6. The van der Waals surface area contributed by atoms with Crippen molar-refractivity contribution in [3.63, 3.8) is 0 Å². The van der Waals surface area contributed by atoms with Gasteiger partial charge in [0.2, 0.25) is 10.0 Å². The Morgan fingerprint density at radius 2 is 1.59 bits per heavy atom. The average molecular weight is 409 g/mol. The largest absolute Gasteiger partial charge is 0.482 e. The van der Waals surface area contributed by atoms with Crippen LogP contribution in [0.25, 0.3) is 0 Å². The zero-order valence-electron chi connectivity index (χ0n) is 14.8. The van der Waals surface area contributed by atoms with Crippen molar-refractivity contribution in [2.45, 2.75) is 5.75 Å². The number of halogens is 1. The van der Waals surface area contributed by atoms with Gasteiger partial charge in [0, 0.05) is 26.2 Å². The Bertz CT molecular complexity index is 882. The van der Waals surface area contributed by atoms with Gasteiger partial charge in [-0.25, -0.2) is 8.42 Å². The Balaban J connectivity index is 1.50. The summed E-state index contributed by atoms with van der Waals surface area (Å²) in [6.07, 6.45) is 0. The smallest absolute Gasteiger partial charge is 0.260 e. The van der Waals surface area contributed by atoms with E-state index in [-0.39, 0.29) is 31.4 Å². The molecule has 0 saturated carbocycles. The third-order valence-corrected chi connectivity index (χ3v) is 6.53. The number of hydrogen-bond donors (Lipinski definition) is 0. The summed E-state index contributed by atoms with van der Waals surface area (Å²) in [5, 5.41) is 0.446. The average Bonchev–Trinajstić information content (AvgIpc) is 2.68. The van der Waals surface area contributed by atoms with E-state index in [0.29, 0.717) is 23.9 Å². The second kappa shape index (κ2) is 8.73. The highest BCUT2D eigenvalue weighted by atomic mass is 35.5. The molecule has 27 heavy (non-hydrogen) atoms. The van der Waals surface area contributed by atoms with Crippen LogP contribution in [-0.2, 0) is 20.6 Å². The molecule has 1 heterocycles. The number of nitrogens with zero attached hydrogens (tertiary/aromatic N) is 2. The van der Waals surface area contributed by atoms with Crippen LogP contribution in [0.15, 0.2) is 54.6 Å². The minimum absolute atomic E-state index is 0.0304. The number of para-hydroxylation sites is 1. The van der Waals surface area contributed by atoms with Crippen LogP contribution in [0.4, 0.5) is 0 Å². The molecule has 0 atom stereocenters. The maximum absolute atomic E-state index is 12.6. The first-order valence-electron chi connectivity index (χ1n) is 8.62. The minimum atomic E-state index is -3.40. The molecule has 0 N–H and O–H groups in total. The molecule has 6 nitrogen and oxygen atoms in total. The van der Waals surface area contributed by atoms with Crippen LogP contribution in [0, 0.1) is 0 Å². The monoisotopic (exact) mass is 408 g/mol. The zero-order valence-corrected chi connectivity index (χ0v) is 16.3. The molecule has 1 aliphatic heterocycles. The molecule has 0 unspecified atom stereocenters. The molecular weight excluding hydrogens is 388 g/mol. The van der Waals surface area contributed by atoms with E-state index in [1.165, 1.54) is 4.31 Å². The Morgan fingerprint density at radius 1 is 0.963 bits per heavy atom. The van der Waals surface area contributed by atoms with E-state index in [2.05, 4.69) is 0 Å². The fourth-order valence-corrected chi connectivity index (χ4v) is 4.59. The number of ether oxygens (including phenoxy) is 1. The third-order valence-electron chi connectivity index (χ3n) is 4.36. The fraction of sp³-hybridized carbons (Fsp3) is 0.316. The Morgan fingerprint density at radius 3 is 2.26 bits per heavy atom. The molecule has 1 fully saturated rings. The van der Waals surface area contributed by atoms with Crippen LogP contribution in [0.1, 0.15) is 5.56 Å². The Labute approximate surface area is 164 Å². The van der Waals surface area contributed by atoms with E-state index in [0.717, 1.165) is 5.56 Å². The SMILES string of the molecule is O=C(COc1ccccc1Cl)N1CCN(S(=O)(=O)Cc2ccccc2)CC1. The van der Waals surface area contributed by atoms with Gasteiger partial charge in [0.15, 0.2) is 6.61 Å². The van der Waals surface area contributed by atoms with Crippen LogP contribution in [0.3, 0.4) is 0 Å². The van der Waals surface area contributed by atoms with Gasteiger partial charge < -0.3 is 9.64 Å². The van der Waals surface area contributed by atoms with Gasteiger partial charge in [-0.3, -0.25) is 4.79 Å². The summed E-state index contributed by atoms with van der Waals surface area (Å²) in [5.41, 5.74) is 0.754. The lowest BCUT2D eigenvalue weighted by atomic mass is 10.2. The van der Waals surface area contributed by atoms with E-state index in [1.54, 1.807) is 41.3 Å². The van der Waals surface area contributed by atoms with Crippen molar-refractivity contribution in [1.82, 2.24) is 9.21 Å². The molecule has 0 aromatic heterocycles. The van der Waals surface area contributed by atoms with E-state index >= 15 is 0 Å². The van der Waals surface area contributed by atoms with Gasteiger partial charge in [-0.2, -0.15) is 4.31 Å². The quantitative estimate of drug-likeness (QED) is 0.736. The van der Waals surface area contributed by atoms with Gasteiger partial charge in [0.05, 0.1) is 10.8 Å². The summed E-state index contributed by atoms with van der Waals surface area (Å²) in [4.78, 5) is 13.9. The van der Waals surface area contributed by atoms with Crippen molar-refractivity contribution in [3.8, 4) is 5.75 Å². The first-order chi connectivity index (χ1) is 13.0. The van der Waals surface area contributed by atoms with Crippen molar-refractivity contribution in [2.75, 3.05) is 32.8 Å². The molecule has 0 radical (unpaired) electrons. The van der Waals surface area contributed by atoms with E-state index < -0.39 is 10.0 Å². The maximum atomic E-state index is 12.6. The molecular formula is C19H21ClN2O4S. The summed E-state index contributed by atoms with van der Waals surface area (Å²) in [6.45, 7) is 1.14. The molecule has 3 rings (SSSR count). The number of amides is 1. The zero-order chi connectivity index (χ0) is 19.3. The number of rotatable bonds is 6. The van der Waals surface area contributed by atoms with Crippen LogP contribution in [0.2, 0.25) is 5.02 Å². The van der Waals surface area contributed by atoms with Crippen molar-refractivity contribution in [2.24, 2.45) is 0 Å². The summed E-state index contributed by atoms with van der Waals surface area (Å²) in [6, 6.07) is 16.0. The van der Waals surface area contributed by atoms with E-state index in [1.807, 2.05) is 18.2 Å². The summed E-state index contributed by atoms with van der Waals surface area (Å²) < 4.78 is 32.0. The minimum Gasteiger partial charge on any atom is -0.482 e. The van der Waals surface area contributed by atoms with Gasteiger partial charge in [-0.1, -0.05) is 54.1 Å². The topological polar surface area (TPSA) is 66.9 Å². The Kier molecular flexibility index (Phi) is 6.36. The molecule has 1 saturated heterocycles. The maximum Gasteiger partial charge on any atom is 0.260 e. The second-order valence-corrected chi connectivity index (χ2v) is 8.62. The van der Waals surface area contributed by atoms with Crippen molar-refractivity contribution >= 4 is 27.5 Å². The third kappa shape index (κ3) is 5.22. The van der Waals surface area contributed by atoms with Crippen LogP contribution >= 0.6 is 11.6 Å². The highest BCUT2D eigenvalue weighted by Gasteiger charge is 2.29. The molecule has 8 heteroatoms. The lowest BCUT2D eigenvalue weighted by Gasteiger charge is -2.34. The molecule has 0 spiro atoms. The summed E-state index contributed by atoms with van der Waals surface area (Å²) in [5.74, 6) is 0.240. The molecule has 0 aliphatic carbocycles. The second-order valence-electron chi connectivity index (χ2n) is 6.24. The number of sulfonamides is 1. The van der Waals surface area contributed by atoms with Crippen molar-refractivity contribution in [3.05, 3.63) is 65.2 Å². The predicted molar refractivity (Wildman–Crippen MR) is 104 cm³/mol. The van der Waals surface area contributed by atoms with Crippen LogP contribution in [-0.4, -0.2) is 56.3 Å². The number of piperazine rings is 1. The van der Waals surface area contributed by atoms with Gasteiger partial charge in [-0.05, 0) is 17.7 Å². The predicted octanol–water partition coefficient (Wildman–Crippen LogP) is 2.39.